The molecule has 2 N–H and O–H groups in total. The standard InChI is InChI=1S/C17H22FN3O2/c1-12(2)23-13-5-6-15(14(18)9-13)20-10-16(22)21-17(11-19)7-3-4-8-17/h5-6,9,12,20H,3-4,7-8,10H2,1-2H3,(H,21,22). The van der Waals surface area contributed by atoms with E-state index in [2.05, 4.69) is 16.7 Å². The Hall–Kier alpha value is -2.29. The minimum Gasteiger partial charge on any atom is -0.491 e. The van der Waals surface area contributed by atoms with E-state index in [-0.39, 0.29) is 24.2 Å². The van der Waals surface area contributed by atoms with Crippen LogP contribution in [-0.4, -0.2) is 24.1 Å². The van der Waals surface area contributed by atoms with Crippen LogP contribution in [0.1, 0.15) is 39.5 Å². The molecule has 1 amide bonds. The van der Waals surface area contributed by atoms with Crippen LogP contribution in [0.4, 0.5) is 10.1 Å². The Labute approximate surface area is 135 Å². The SMILES string of the molecule is CC(C)Oc1ccc(NCC(=O)NC2(C#N)CCCC2)c(F)c1. The fraction of sp³-hybridized carbons (Fsp3) is 0.529. The Morgan fingerprint density at radius 3 is 2.70 bits per heavy atom. The van der Waals surface area contributed by atoms with E-state index >= 15 is 0 Å². The monoisotopic (exact) mass is 319 g/mol. The number of amides is 1. The first-order valence-corrected chi connectivity index (χ1v) is 7.86. The molecule has 1 fully saturated rings. The number of nitriles is 1. The molecule has 2 rings (SSSR count). The molecule has 1 aromatic carbocycles. The molecule has 1 saturated carbocycles. The van der Waals surface area contributed by atoms with Crippen LogP contribution in [0.5, 0.6) is 5.75 Å². The number of anilines is 1. The van der Waals surface area contributed by atoms with Gasteiger partial charge < -0.3 is 15.4 Å². The second-order valence-corrected chi connectivity index (χ2v) is 6.11. The lowest BCUT2D eigenvalue weighted by molar-refractivity contribution is -0.120. The summed E-state index contributed by atoms with van der Waals surface area (Å²) in [5, 5.41) is 14.8. The molecule has 124 valence electrons. The molecule has 0 spiro atoms. The first-order valence-electron chi connectivity index (χ1n) is 7.86. The third-order valence-electron chi connectivity index (χ3n) is 3.80. The molecular weight excluding hydrogens is 297 g/mol. The Morgan fingerprint density at radius 2 is 2.13 bits per heavy atom. The molecule has 23 heavy (non-hydrogen) atoms. The van der Waals surface area contributed by atoms with Crippen LogP contribution in [0.3, 0.4) is 0 Å². The van der Waals surface area contributed by atoms with Gasteiger partial charge >= 0.3 is 0 Å². The molecule has 0 aromatic heterocycles. The van der Waals surface area contributed by atoms with E-state index in [4.69, 9.17) is 4.74 Å². The summed E-state index contributed by atoms with van der Waals surface area (Å²) in [6.45, 7) is 3.65. The summed E-state index contributed by atoms with van der Waals surface area (Å²) in [6, 6.07) is 6.67. The van der Waals surface area contributed by atoms with Crippen LogP contribution in [0.2, 0.25) is 0 Å². The molecule has 6 heteroatoms. The van der Waals surface area contributed by atoms with Gasteiger partial charge in [-0.2, -0.15) is 5.26 Å². The first kappa shape index (κ1) is 17.1. The third kappa shape index (κ3) is 4.59. The van der Waals surface area contributed by atoms with E-state index in [1.807, 2.05) is 13.8 Å². The zero-order valence-electron chi connectivity index (χ0n) is 13.5. The fourth-order valence-electron chi connectivity index (χ4n) is 2.71. The predicted octanol–water partition coefficient (Wildman–Crippen LogP) is 2.98. The lowest BCUT2D eigenvalue weighted by Gasteiger charge is -2.22. The molecule has 0 radical (unpaired) electrons. The number of ether oxygens (including phenoxy) is 1. The maximum absolute atomic E-state index is 14.0. The van der Waals surface area contributed by atoms with Crippen molar-refractivity contribution in [1.82, 2.24) is 5.32 Å². The summed E-state index contributed by atoms with van der Waals surface area (Å²) in [7, 11) is 0. The van der Waals surface area contributed by atoms with Crippen LogP contribution in [-0.2, 0) is 4.79 Å². The van der Waals surface area contributed by atoms with Gasteiger partial charge in [0.15, 0.2) is 0 Å². The Kier molecular flexibility index (Phi) is 5.43. The number of hydrogen-bond acceptors (Lipinski definition) is 4. The summed E-state index contributed by atoms with van der Waals surface area (Å²) in [4.78, 5) is 12.0. The van der Waals surface area contributed by atoms with Gasteiger partial charge in [-0.3, -0.25) is 4.79 Å². The minimum absolute atomic E-state index is 0.0347. The van der Waals surface area contributed by atoms with Gasteiger partial charge in [0.1, 0.15) is 17.1 Å². The molecule has 0 heterocycles. The van der Waals surface area contributed by atoms with E-state index < -0.39 is 11.4 Å². The Morgan fingerprint density at radius 1 is 1.43 bits per heavy atom. The summed E-state index contributed by atoms with van der Waals surface area (Å²) in [5.41, 5.74) is -0.527. The van der Waals surface area contributed by atoms with Crippen LogP contribution in [0, 0.1) is 17.1 Å². The number of carbonyl (C=O) groups excluding carboxylic acids is 1. The van der Waals surface area contributed by atoms with Gasteiger partial charge in [-0.1, -0.05) is 0 Å². The number of hydrogen-bond donors (Lipinski definition) is 2. The highest BCUT2D eigenvalue weighted by atomic mass is 19.1. The van der Waals surface area contributed by atoms with E-state index in [0.29, 0.717) is 18.6 Å². The average molecular weight is 319 g/mol. The first-order chi connectivity index (χ1) is 10.9. The van der Waals surface area contributed by atoms with Crippen molar-refractivity contribution in [3.63, 3.8) is 0 Å². The van der Waals surface area contributed by atoms with Gasteiger partial charge in [-0.25, -0.2) is 4.39 Å². The second kappa shape index (κ2) is 7.32. The number of nitrogens with zero attached hydrogens (tertiary/aromatic N) is 1. The predicted molar refractivity (Wildman–Crippen MR) is 85.6 cm³/mol. The second-order valence-electron chi connectivity index (χ2n) is 6.11. The van der Waals surface area contributed by atoms with Crippen LogP contribution < -0.4 is 15.4 Å². The molecule has 1 aromatic rings. The Bertz CT molecular complexity index is 604. The van der Waals surface area contributed by atoms with E-state index in [1.165, 1.54) is 12.1 Å². The van der Waals surface area contributed by atoms with E-state index in [1.54, 1.807) is 6.07 Å². The van der Waals surface area contributed by atoms with Crippen LogP contribution in [0.25, 0.3) is 0 Å². The highest BCUT2D eigenvalue weighted by molar-refractivity contribution is 5.82. The largest absolute Gasteiger partial charge is 0.491 e. The fourth-order valence-corrected chi connectivity index (χ4v) is 2.71. The molecule has 0 aliphatic heterocycles. The van der Waals surface area contributed by atoms with E-state index in [0.717, 1.165) is 12.8 Å². The van der Waals surface area contributed by atoms with Crippen molar-refractivity contribution in [3.8, 4) is 11.8 Å². The normalized spacial score (nSPS) is 16.0. The maximum atomic E-state index is 14.0. The number of benzene rings is 1. The van der Waals surface area contributed by atoms with Gasteiger partial charge in [0, 0.05) is 6.07 Å². The van der Waals surface area contributed by atoms with Gasteiger partial charge in [0.2, 0.25) is 5.91 Å². The zero-order valence-corrected chi connectivity index (χ0v) is 13.5. The Balaban J connectivity index is 1.90. The highest BCUT2D eigenvalue weighted by Gasteiger charge is 2.35. The summed E-state index contributed by atoms with van der Waals surface area (Å²) in [6.07, 6.45) is 3.18. The van der Waals surface area contributed by atoms with Crippen molar-refractivity contribution < 1.29 is 13.9 Å². The highest BCUT2D eigenvalue weighted by Crippen LogP contribution is 2.28. The quantitative estimate of drug-likeness (QED) is 0.845. The molecular formula is C17H22FN3O2. The third-order valence-corrected chi connectivity index (χ3v) is 3.80. The number of carbonyl (C=O) groups is 1. The molecule has 0 saturated heterocycles. The summed E-state index contributed by atoms with van der Waals surface area (Å²) < 4.78 is 19.4. The van der Waals surface area contributed by atoms with Gasteiger partial charge in [0.25, 0.3) is 0 Å². The van der Waals surface area contributed by atoms with Crippen LogP contribution in [0.15, 0.2) is 18.2 Å². The smallest absolute Gasteiger partial charge is 0.240 e. The van der Waals surface area contributed by atoms with Crippen molar-refractivity contribution in [2.24, 2.45) is 0 Å². The molecule has 0 unspecified atom stereocenters. The van der Waals surface area contributed by atoms with E-state index in [9.17, 15) is 14.4 Å². The zero-order chi connectivity index (χ0) is 16.9. The average Bonchev–Trinajstić information content (AvgIpc) is 2.95. The number of rotatable bonds is 6. The van der Waals surface area contributed by atoms with Crippen LogP contribution >= 0.6 is 0 Å². The minimum atomic E-state index is -0.758. The van der Waals surface area contributed by atoms with Crippen molar-refractivity contribution in [2.75, 3.05) is 11.9 Å². The number of halogens is 1. The molecule has 5 nitrogen and oxygen atoms in total. The summed E-state index contributed by atoms with van der Waals surface area (Å²) in [5.74, 6) is -0.343. The van der Waals surface area contributed by atoms with Gasteiger partial charge in [0.05, 0.1) is 24.4 Å². The van der Waals surface area contributed by atoms with Gasteiger partial charge in [-0.15, -0.1) is 0 Å². The molecule has 0 atom stereocenters. The van der Waals surface area contributed by atoms with Crippen molar-refractivity contribution in [2.45, 2.75) is 51.2 Å². The number of nitrogens with one attached hydrogen (secondary N) is 2. The van der Waals surface area contributed by atoms with Crippen molar-refractivity contribution in [3.05, 3.63) is 24.0 Å². The molecule has 1 aliphatic carbocycles. The summed E-state index contributed by atoms with van der Waals surface area (Å²) >= 11 is 0. The topological polar surface area (TPSA) is 74.2 Å². The maximum Gasteiger partial charge on any atom is 0.240 e. The molecule has 0 bridgehead atoms. The lowest BCUT2D eigenvalue weighted by atomic mass is 10.00. The molecule has 1 aliphatic rings. The van der Waals surface area contributed by atoms with Gasteiger partial charge in [-0.05, 0) is 51.7 Å². The lowest BCUT2D eigenvalue weighted by Crippen LogP contribution is -2.47. The van der Waals surface area contributed by atoms with Crippen molar-refractivity contribution >= 4 is 11.6 Å². The van der Waals surface area contributed by atoms with Crippen molar-refractivity contribution in [1.29, 1.82) is 5.26 Å².